The molecule has 3 aromatic heterocycles. The molecule has 1 aliphatic carbocycles. The first kappa shape index (κ1) is 19.2. The van der Waals surface area contributed by atoms with Crippen LogP contribution < -0.4 is 15.4 Å². The zero-order valence-electron chi connectivity index (χ0n) is 17.0. The molecule has 0 spiro atoms. The number of hydrogen-bond donors (Lipinski definition) is 2. The Morgan fingerprint density at radius 1 is 1.23 bits per heavy atom. The van der Waals surface area contributed by atoms with Crippen LogP contribution in [0.25, 0.3) is 17.0 Å². The standard InChI is InChI=1S/C21H26FN7O/c1-30-18-10-19-25-12-17(29(19)28-20(18)13-4-2-3-5-13)15-7-9-24-21(26-15)27-16-11-23-8-6-14(16)22/h7,9-10,12-14,16,23H,2-6,8,11H2,1H3,(H,24,26,27). The Balaban J connectivity index is 1.49. The molecule has 30 heavy (non-hydrogen) atoms. The van der Waals surface area contributed by atoms with Gasteiger partial charge in [-0.2, -0.15) is 5.10 Å². The van der Waals surface area contributed by atoms with Gasteiger partial charge in [-0.25, -0.2) is 23.9 Å². The summed E-state index contributed by atoms with van der Waals surface area (Å²) in [5.41, 5.74) is 3.14. The summed E-state index contributed by atoms with van der Waals surface area (Å²) in [4.78, 5) is 13.4. The fourth-order valence-electron chi connectivity index (χ4n) is 4.44. The minimum Gasteiger partial charge on any atom is -0.495 e. The zero-order chi connectivity index (χ0) is 20.5. The first-order chi connectivity index (χ1) is 14.7. The number of alkyl halides is 1. The minimum atomic E-state index is -0.919. The van der Waals surface area contributed by atoms with Crippen molar-refractivity contribution in [1.29, 1.82) is 0 Å². The lowest BCUT2D eigenvalue weighted by Gasteiger charge is -2.27. The van der Waals surface area contributed by atoms with Gasteiger partial charge < -0.3 is 15.4 Å². The van der Waals surface area contributed by atoms with Crippen LogP contribution in [-0.2, 0) is 0 Å². The molecule has 158 valence electrons. The molecule has 2 N–H and O–H groups in total. The molecule has 4 heterocycles. The van der Waals surface area contributed by atoms with Gasteiger partial charge >= 0.3 is 0 Å². The molecule has 0 aromatic carbocycles. The van der Waals surface area contributed by atoms with Gasteiger partial charge in [0, 0.05) is 24.7 Å². The van der Waals surface area contributed by atoms with Crippen molar-refractivity contribution >= 4 is 11.6 Å². The smallest absolute Gasteiger partial charge is 0.223 e. The van der Waals surface area contributed by atoms with Crippen molar-refractivity contribution in [3.63, 3.8) is 0 Å². The summed E-state index contributed by atoms with van der Waals surface area (Å²) in [5, 5.41) is 11.2. The summed E-state index contributed by atoms with van der Waals surface area (Å²) in [6, 6.07) is 3.42. The topological polar surface area (TPSA) is 89.3 Å². The van der Waals surface area contributed by atoms with E-state index in [0.29, 0.717) is 42.7 Å². The molecule has 2 unspecified atom stereocenters. The van der Waals surface area contributed by atoms with Crippen molar-refractivity contribution < 1.29 is 9.13 Å². The summed E-state index contributed by atoms with van der Waals surface area (Å²) >= 11 is 0. The predicted molar refractivity (Wildman–Crippen MR) is 112 cm³/mol. The second kappa shape index (κ2) is 8.14. The average molecular weight is 411 g/mol. The van der Waals surface area contributed by atoms with E-state index in [4.69, 9.17) is 9.84 Å². The van der Waals surface area contributed by atoms with Gasteiger partial charge in [-0.1, -0.05) is 12.8 Å². The molecule has 0 bridgehead atoms. The quantitative estimate of drug-likeness (QED) is 0.667. The average Bonchev–Trinajstić information content (AvgIpc) is 3.44. The molecule has 1 saturated carbocycles. The molecule has 1 saturated heterocycles. The molecule has 2 atom stereocenters. The van der Waals surface area contributed by atoms with Crippen molar-refractivity contribution in [2.24, 2.45) is 0 Å². The molecular formula is C21H26FN7O. The van der Waals surface area contributed by atoms with Gasteiger partial charge in [-0.05, 0) is 31.9 Å². The summed E-state index contributed by atoms with van der Waals surface area (Å²) in [5.74, 6) is 1.60. The summed E-state index contributed by atoms with van der Waals surface area (Å²) in [6.07, 6.45) is 7.69. The third-order valence-electron chi connectivity index (χ3n) is 6.08. The molecule has 0 amide bonds. The van der Waals surface area contributed by atoms with Crippen LogP contribution in [0.2, 0.25) is 0 Å². The summed E-state index contributed by atoms with van der Waals surface area (Å²) < 4.78 is 21.6. The Morgan fingerprint density at radius 3 is 2.90 bits per heavy atom. The van der Waals surface area contributed by atoms with Gasteiger partial charge in [0.15, 0.2) is 5.65 Å². The molecule has 2 fully saturated rings. The number of rotatable bonds is 5. The normalized spacial score (nSPS) is 22.5. The number of methoxy groups -OCH3 is 1. The van der Waals surface area contributed by atoms with Crippen molar-refractivity contribution in [1.82, 2.24) is 29.9 Å². The van der Waals surface area contributed by atoms with E-state index in [1.54, 1.807) is 19.5 Å². The maximum atomic E-state index is 14.2. The van der Waals surface area contributed by atoms with E-state index in [-0.39, 0.29) is 6.04 Å². The van der Waals surface area contributed by atoms with E-state index in [0.717, 1.165) is 30.0 Å². The van der Waals surface area contributed by atoms with Crippen molar-refractivity contribution in [2.75, 3.05) is 25.5 Å². The highest BCUT2D eigenvalue weighted by Gasteiger charge is 2.26. The Hall–Kier alpha value is -2.81. The molecule has 5 rings (SSSR count). The number of nitrogens with zero attached hydrogens (tertiary/aromatic N) is 5. The number of anilines is 1. The Morgan fingerprint density at radius 2 is 2.10 bits per heavy atom. The third kappa shape index (κ3) is 3.58. The number of hydrogen-bond acceptors (Lipinski definition) is 7. The van der Waals surface area contributed by atoms with Crippen LogP contribution in [0.4, 0.5) is 10.3 Å². The molecule has 9 heteroatoms. The lowest BCUT2D eigenvalue weighted by Crippen LogP contribution is -2.46. The molecule has 3 aromatic rings. The lowest BCUT2D eigenvalue weighted by molar-refractivity contribution is 0.240. The number of fused-ring (bicyclic) bond motifs is 1. The molecule has 2 aliphatic rings. The van der Waals surface area contributed by atoms with E-state index in [1.807, 2.05) is 16.6 Å². The number of imidazole rings is 1. The van der Waals surface area contributed by atoms with Crippen LogP contribution in [0.15, 0.2) is 24.5 Å². The van der Waals surface area contributed by atoms with E-state index in [2.05, 4.69) is 25.6 Å². The first-order valence-corrected chi connectivity index (χ1v) is 10.6. The predicted octanol–water partition coefficient (Wildman–Crippen LogP) is 2.96. The molecule has 8 nitrogen and oxygen atoms in total. The number of ether oxygens (including phenoxy) is 1. The minimum absolute atomic E-state index is 0.340. The second-order valence-corrected chi connectivity index (χ2v) is 8.02. The van der Waals surface area contributed by atoms with Gasteiger partial charge in [-0.3, -0.25) is 0 Å². The lowest BCUT2D eigenvalue weighted by atomic mass is 10.0. The Bertz CT molecular complexity index is 1030. The van der Waals surface area contributed by atoms with Crippen molar-refractivity contribution in [3.8, 4) is 17.1 Å². The summed E-state index contributed by atoms with van der Waals surface area (Å²) in [6.45, 7) is 1.25. The molecule has 1 aliphatic heterocycles. The van der Waals surface area contributed by atoms with Crippen LogP contribution in [-0.4, -0.2) is 57.0 Å². The molecule has 0 radical (unpaired) electrons. The number of aromatic nitrogens is 5. The first-order valence-electron chi connectivity index (χ1n) is 10.6. The number of halogens is 1. The maximum Gasteiger partial charge on any atom is 0.223 e. The van der Waals surface area contributed by atoms with E-state index < -0.39 is 6.17 Å². The number of nitrogens with one attached hydrogen (secondary N) is 2. The highest BCUT2D eigenvalue weighted by Crippen LogP contribution is 2.38. The van der Waals surface area contributed by atoms with E-state index >= 15 is 0 Å². The van der Waals surface area contributed by atoms with Gasteiger partial charge in [0.05, 0.1) is 25.0 Å². The van der Waals surface area contributed by atoms with Crippen molar-refractivity contribution in [2.45, 2.75) is 50.2 Å². The fraction of sp³-hybridized carbons (Fsp3) is 0.524. The number of piperidine rings is 1. The third-order valence-corrected chi connectivity index (χ3v) is 6.08. The Labute approximate surface area is 174 Å². The monoisotopic (exact) mass is 411 g/mol. The van der Waals surface area contributed by atoms with Crippen molar-refractivity contribution in [3.05, 3.63) is 30.2 Å². The Kier molecular flexibility index (Phi) is 5.20. The second-order valence-electron chi connectivity index (χ2n) is 8.02. The zero-order valence-corrected chi connectivity index (χ0v) is 17.0. The largest absolute Gasteiger partial charge is 0.495 e. The van der Waals surface area contributed by atoms with Crippen LogP contribution in [0.5, 0.6) is 5.75 Å². The van der Waals surface area contributed by atoms with Gasteiger partial charge in [0.1, 0.15) is 23.3 Å². The van der Waals surface area contributed by atoms with E-state index in [1.165, 1.54) is 12.8 Å². The maximum absolute atomic E-state index is 14.2. The van der Waals surface area contributed by atoms with E-state index in [9.17, 15) is 4.39 Å². The summed E-state index contributed by atoms with van der Waals surface area (Å²) in [7, 11) is 1.68. The highest BCUT2D eigenvalue weighted by molar-refractivity contribution is 5.61. The highest BCUT2D eigenvalue weighted by atomic mass is 19.1. The molecular weight excluding hydrogens is 385 g/mol. The van der Waals surface area contributed by atoms with Gasteiger partial charge in [0.2, 0.25) is 5.95 Å². The van der Waals surface area contributed by atoms with Gasteiger partial charge in [0.25, 0.3) is 0 Å². The van der Waals surface area contributed by atoms with Crippen LogP contribution >= 0.6 is 0 Å². The SMILES string of the molecule is COc1cc2ncc(-c3ccnc(NC4CNCCC4F)n3)n2nc1C1CCCC1. The van der Waals surface area contributed by atoms with Crippen LogP contribution in [0, 0.1) is 0 Å². The van der Waals surface area contributed by atoms with Gasteiger partial charge in [-0.15, -0.1) is 0 Å². The van der Waals surface area contributed by atoms with Crippen LogP contribution in [0.1, 0.15) is 43.7 Å². The van der Waals surface area contributed by atoms with Crippen LogP contribution in [0.3, 0.4) is 0 Å². The fourth-order valence-corrected chi connectivity index (χ4v) is 4.44.